The Bertz CT molecular complexity index is 1100. The van der Waals surface area contributed by atoms with Gasteiger partial charge >= 0.3 is 0 Å². The van der Waals surface area contributed by atoms with Crippen molar-refractivity contribution < 1.29 is 23.9 Å². The Morgan fingerprint density at radius 3 is 2.56 bits per heavy atom. The summed E-state index contributed by atoms with van der Waals surface area (Å²) in [4.78, 5) is 39.8. The Labute approximate surface area is 212 Å². The fourth-order valence-electron chi connectivity index (χ4n) is 4.72. The van der Waals surface area contributed by atoms with Gasteiger partial charge in [-0.15, -0.1) is 0 Å². The summed E-state index contributed by atoms with van der Waals surface area (Å²) in [5.74, 6) is -0.0769. The number of amides is 3. The third kappa shape index (κ3) is 5.87. The van der Waals surface area contributed by atoms with Crippen molar-refractivity contribution in [3.05, 3.63) is 59.7 Å². The van der Waals surface area contributed by atoms with Gasteiger partial charge in [-0.3, -0.25) is 14.4 Å². The number of carbonyl (C=O) groups is 3. The summed E-state index contributed by atoms with van der Waals surface area (Å²) < 4.78 is 12.3. The van der Waals surface area contributed by atoms with Crippen molar-refractivity contribution in [3.63, 3.8) is 0 Å². The minimum absolute atomic E-state index is 0.0627. The fraction of sp³-hybridized carbons (Fsp3) is 0.464. The number of fused-ring (bicyclic) bond motifs is 2. The van der Waals surface area contributed by atoms with Gasteiger partial charge in [-0.2, -0.15) is 0 Å². The van der Waals surface area contributed by atoms with Crippen LogP contribution in [-0.4, -0.2) is 54.5 Å². The molecule has 0 bridgehead atoms. The second kappa shape index (κ2) is 11.1. The first-order chi connectivity index (χ1) is 17.2. The lowest BCUT2D eigenvalue weighted by Gasteiger charge is -2.42. The first-order valence-electron chi connectivity index (χ1n) is 12.6. The Kier molecular flexibility index (Phi) is 7.94. The molecule has 0 aromatic heterocycles. The molecular weight excluding hydrogens is 458 g/mol. The van der Waals surface area contributed by atoms with Crippen molar-refractivity contribution in [2.24, 2.45) is 5.92 Å². The summed E-state index contributed by atoms with van der Waals surface area (Å²) in [5.41, 5.74) is 2.02. The molecule has 4 rings (SSSR count). The lowest BCUT2D eigenvalue weighted by molar-refractivity contribution is -0.134. The second-order valence-corrected chi connectivity index (χ2v) is 9.93. The number of rotatable bonds is 6. The SMILES string of the molecule is CC(C)C(=O)Nc1ccc2c(c1)C(=O)N(C)[C@@H]1CC[C@@H](CC(=O)N[C@H](C)c3ccccc3)O[C@H]1CO2. The molecule has 0 saturated carbocycles. The quantitative estimate of drug-likeness (QED) is 0.636. The lowest BCUT2D eigenvalue weighted by Crippen LogP contribution is -2.54. The van der Waals surface area contributed by atoms with E-state index in [9.17, 15) is 14.4 Å². The van der Waals surface area contributed by atoms with E-state index in [4.69, 9.17) is 9.47 Å². The van der Waals surface area contributed by atoms with Gasteiger partial charge in [0.25, 0.3) is 5.91 Å². The molecule has 2 aromatic carbocycles. The lowest BCUT2D eigenvalue weighted by atomic mass is 9.94. The zero-order valence-corrected chi connectivity index (χ0v) is 21.3. The van der Waals surface area contributed by atoms with Crippen molar-refractivity contribution in [3.8, 4) is 5.75 Å². The summed E-state index contributed by atoms with van der Waals surface area (Å²) >= 11 is 0. The molecule has 1 saturated heterocycles. The Balaban J connectivity index is 1.40. The van der Waals surface area contributed by atoms with E-state index in [0.717, 1.165) is 5.56 Å². The fourth-order valence-corrected chi connectivity index (χ4v) is 4.72. The van der Waals surface area contributed by atoms with Gasteiger partial charge in [0.15, 0.2) is 0 Å². The average molecular weight is 494 g/mol. The highest BCUT2D eigenvalue weighted by Crippen LogP contribution is 2.32. The van der Waals surface area contributed by atoms with Gasteiger partial charge in [0.05, 0.1) is 30.2 Å². The zero-order chi connectivity index (χ0) is 25.8. The van der Waals surface area contributed by atoms with Crippen molar-refractivity contribution in [2.45, 2.75) is 64.3 Å². The van der Waals surface area contributed by atoms with Crippen LogP contribution >= 0.6 is 0 Å². The number of nitrogens with one attached hydrogen (secondary N) is 2. The Morgan fingerprint density at radius 2 is 1.83 bits per heavy atom. The highest BCUT2D eigenvalue weighted by atomic mass is 16.5. The summed E-state index contributed by atoms with van der Waals surface area (Å²) in [6.45, 7) is 5.86. The molecule has 2 heterocycles. The molecule has 4 atom stereocenters. The van der Waals surface area contributed by atoms with Gasteiger partial charge in [0.2, 0.25) is 11.8 Å². The number of likely N-dealkylation sites (N-methyl/N-ethyl adjacent to an activating group) is 1. The minimum atomic E-state index is -0.342. The highest BCUT2D eigenvalue weighted by molar-refractivity contribution is 6.00. The van der Waals surface area contributed by atoms with Crippen LogP contribution < -0.4 is 15.4 Å². The molecular formula is C28H35N3O5. The van der Waals surface area contributed by atoms with E-state index in [1.807, 2.05) is 51.1 Å². The summed E-state index contributed by atoms with van der Waals surface area (Å²) in [5, 5.41) is 5.89. The predicted octanol–water partition coefficient (Wildman–Crippen LogP) is 3.93. The molecule has 3 amide bonds. The summed E-state index contributed by atoms with van der Waals surface area (Å²) in [6.07, 6.45) is 1.05. The number of carbonyl (C=O) groups excluding carboxylic acids is 3. The van der Waals surface area contributed by atoms with Crippen LogP contribution in [0.2, 0.25) is 0 Å². The third-order valence-electron chi connectivity index (χ3n) is 6.89. The van der Waals surface area contributed by atoms with E-state index < -0.39 is 0 Å². The summed E-state index contributed by atoms with van der Waals surface area (Å²) in [6, 6.07) is 14.7. The van der Waals surface area contributed by atoms with Gasteiger partial charge in [0.1, 0.15) is 18.5 Å². The van der Waals surface area contributed by atoms with E-state index >= 15 is 0 Å². The largest absolute Gasteiger partial charge is 0.490 e. The standard InChI is InChI=1S/C28H35N3O5/c1-17(2)27(33)30-20-10-13-24-22(14-20)28(34)31(4)23-12-11-21(36-25(23)16-35-24)15-26(32)29-18(3)19-8-6-5-7-9-19/h5-10,13-14,17-18,21,23,25H,11-12,15-16H2,1-4H3,(H,29,32)(H,30,33)/t18-,21+,23-,25+/m1/s1. The van der Waals surface area contributed by atoms with Gasteiger partial charge in [-0.05, 0) is 43.5 Å². The maximum atomic E-state index is 13.3. The van der Waals surface area contributed by atoms with Crippen LogP contribution in [0.5, 0.6) is 5.75 Å². The molecule has 36 heavy (non-hydrogen) atoms. The Hall–Kier alpha value is -3.39. The molecule has 2 N–H and O–H groups in total. The average Bonchev–Trinajstić information content (AvgIpc) is 2.86. The van der Waals surface area contributed by atoms with Gasteiger partial charge in [-0.25, -0.2) is 0 Å². The van der Waals surface area contributed by atoms with E-state index in [1.54, 1.807) is 30.1 Å². The first-order valence-corrected chi connectivity index (χ1v) is 12.6. The first kappa shape index (κ1) is 25.7. The smallest absolute Gasteiger partial charge is 0.257 e. The van der Waals surface area contributed by atoms with Gasteiger partial charge < -0.3 is 25.0 Å². The van der Waals surface area contributed by atoms with Crippen LogP contribution in [0.4, 0.5) is 5.69 Å². The molecule has 0 unspecified atom stereocenters. The number of benzene rings is 2. The number of ether oxygens (including phenoxy) is 2. The monoisotopic (exact) mass is 493 g/mol. The zero-order valence-electron chi connectivity index (χ0n) is 21.3. The highest BCUT2D eigenvalue weighted by Gasteiger charge is 2.39. The van der Waals surface area contributed by atoms with Crippen molar-refractivity contribution in [2.75, 3.05) is 19.0 Å². The van der Waals surface area contributed by atoms with E-state index in [1.165, 1.54) is 0 Å². The van der Waals surface area contributed by atoms with Crippen LogP contribution in [0.3, 0.4) is 0 Å². The number of hydrogen-bond donors (Lipinski definition) is 2. The van der Waals surface area contributed by atoms with Crippen molar-refractivity contribution in [1.29, 1.82) is 0 Å². The minimum Gasteiger partial charge on any atom is -0.490 e. The Morgan fingerprint density at radius 1 is 1.08 bits per heavy atom. The summed E-state index contributed by atoms with van der Waals surface area (Å²) in [7, 11) is 1.77. The van der Waals surface area contributed by atoms with Crippen molar-refractivity contribution >= 4 is 23.4 Å². The van der Waals surface area contributed by atoms with Crippen LogP contribution in [0.25, 0.3) is 0 Å². The molecule has 2 aliphatic rings. The second-order valence-electron chi connectivity index (χ2n) is 9.93. The van der Waals surface area contributed by atoms with Gasteiger partial charge in [-0.1, -0.05) is 44.2 Å². The molecule has 0 radical (unpaired) electrons. The van der Waals surface area contributed by atoms with Crippen LogP contribution in [0.1, 0.15) is 62.0 Å². The molecule has 0 aliphatic carbocycles. The maximum Gasteiger partial charge on any atom is 0.257 e. The topological polar surface area (TPSA) is 97.0 Å². The van der Waals surface area contributed by atoms with Crippen LogP contribution in [0.15, 0.2) is 48.5 Å². The van der Waals surface area contributed by atoms with Crippen molar-refractivity contribution in [1.82, 2.24) is 10.2 Å². The predicted molar refractivity (Wildman–Crippen MR) is 137 cm³/mol. The molecule has 0 spiro atoms. The van der Waals surface area contributed by atoms with Crippen LogP contribution in [-0.2, 0) is 14.3 Å². The van der Waals surface area contributed by atoms with Gasteiger partial charge in [0, 0.05) is 18.7 Å². The molecule has 192 valence electrons. The number of hydrogen-bond acceptors (Lipinski definition) is 5. The van der Waals surface area contributed by atoms with E-state index in [0.29, 0.717) is 29.8 Å². The van der Waals surface area contributed by atoms with E-state index in [2.05, 4.69) is 10.6 Å². The molecule has 8 nitrogen and oxygen atoms in total. The molecule has 8 heteroatoms. The molecule has 2 aromatic rings. The van der Waals surface area contributed by atoms with E-state index in [-0.39, 0.29) is 61.0 Å². The third-order valence-corrected chi connectivity index (χ3v) is 6.89. The molecule has 1 fully saturated rings. The normalized spacial score (nSPS) is 22.4. The number of anilines is 1. The number of nitrogens with zero attached hydrogens (tertiary/aromatic N) is 1. The van der Waals surface area contributed by atoms with Crippen LogP contribution in [0, 0.1) is 5.92 Å². The molecule has 2 aliphatic heterocycles. The maximum absolute atomic E-state index is 13.3.